The van der Waals surface area contributed by atoms with Crippen LogP contribution in [0.25, 0.3) is 21.3 Å². The summed E-state index contributed by atoms with van der Waals surface area (Å²) in [4.78, 5) is 24.0. The van der Waals surface area contributed by atoms with E-state index < -0.39 is 5.54 Å². The Kier molecular flexibility index (Phi) is 5.20. The molecular formula is C25H22ClN5OS. The lowest BCUT2D eigenvalue weighted by atomic mass is 9.83. The molecular weight excluding hydrogens is 454 g/mol. The molecule has 5 rings (SSSR count). The first-order chi connectivity index (χ1) is 15.8. The van der Waals surface area contributed by atoms with Crippen LogP contribution < -0.4 is 11.3 Å². The van der Waals surface area contributed by atoms with Gasteiger partial charge in [0.1, 0.15) is 5.54 Å². The Morgan fingerprint density at radius 1 is 1.06 bits per heavy atom. The third-order valence-electron chi connectivity index (χ3n) is 6.06. The molecule has 4 heterocycles. The number of fused-ring (bicyclic) bond motifs is 1. The van der Waals surface area contributed by atoms with Gasteiger partial charge in [-0.05, 0) is 42.8 Å². The van der Waals surface area contributed by atoms with E-state index in [-0.39, 0.29) is 5.56 Å². The van der Waals surface area contributed by atoms with Crippen LogP contribution in [0, 0.1) is 6.92 Å². The molecule has 5 aromatic rings. The molecule has 33 heavy (non-hydrogen) atoms. The van der Waals surface area contributed by atoms with Crippen LogP contribution in [0.3, 0.4) is 0 Å². The molecule has 4 aromatic heterocycles. The molecule has 0 aliphatic carbocycles. The van der Waals surface area contributed by atoms with Gasteiger partial charge in [-0.2, -0.15) is 0 Å². The summed E-state index contributed by atoms with van der Waals surface area (Å²) in [5.41, 5.74) is 9.90. The third kappa shape index (κ3) is 3.49. The van der Waals surface area contributed by atoms with Crippen LogP contribution in [0.15, 0.2) is 72.0 Å². The molecule has 0 spiro atoms. The van der Waals surface area contributed by atoms with Gasteiger partial charge in [0.2, 0.25) is 0 Å². The molecule has 0 bridgehead atoms. The molecule has 2 N–H and O–H groups in total. The second-order valence-corrected chi connectivity index (χ2v) is 9.88. The Morgan fingerprint density at radius 2 is 1.82 bits per heavy atom. The Hall–Kier alpha value is -3.26. The quantitative estimate of drug-likeness (QED) is 0.411. The number of hydrogen-bond donors (Lipinski definition) is 1. The van der Waals surface area contributed by atoms with Gasteiger partial charge in [0, 0.05) is 45.9 Å². The van der Waals surface area contributed by atoms with Gasteiger partial charge >= 0.3 is 0 Å². The number of hydrogen-bond acceptors (Lipinski definition) is 5. The van der Waals surface area contributed by atoms with E-state index in [1.807, 2.05) is 48.0 Å². The molecule has 0 saturated carbocycles. The van der Waals surface area contributed by atoms with E-state index in [4.69, 9.17) is 22.3 Å². The second-order valence-electron chi connectivity index (χ2n) is 8.16. The van der Waals surface area contributed by atoms with Crippen LogP contribution >= 0.6 is 22.9 Å². The van der Waals surface area contributed by atoms with E-state index in [1.54, 1.807) is 47.7 Å². The summed E-state index contributed by atoms with van der Waals surface area (Å²) in [6, 6.07) is 15.2. The van der Waals surface area contributed by atoms with E-state index in [2.05, 4.69) is 18.0 Å². The summed E-state index contributed by atoms with van der Waals surface area (Å²) in [6.07, 6.45) is 5.20. The van der Waals surface area contributed by atoms with Crippen molar-refractivity contribution in [2.75, 3.05) is 0 Å². The lowest BCUT2D eigenvalue weighted by molar-refractivity contribution is 0.579. The molecule has 0 amide bonds. The van der Waals surface area contributed by atoms with Gasteiger partial charge in [-0.25, -0.2) is 4.98 Å². The monoisotopic (exact) mass is 475 g/mol. The van der Waals surface area contributed by atoms with Gasteiger partial charge in [-0.15, -0.1) is 11.3 Å². The summed E-state index contributed by atoms with van der Waals surface area (Å²) < 4.78 is 3.51. The first-order valence-electron chi connectivity index (χ1n) is 10.4. The van der Waals surface area contributed by atoms with Crippen molar-refractivity contribution in [2.24, 2.45) is 19.8 Å². The van der Waals surface area contributed by atoms with Crippen molar-refractivity contribution in [2.45, 2.75) is 12.5 Å². The zero-order valence-corrected chi connectivity index (χ0v) is 20.0. The zero-order chi connectivity index (χ0) is 23.3. The standard InChI is InChI=1S/C25H22ClN5OS/c1-15-4-9-21(33-15)19-11-24(32)31(3)20-12-29-22(10-18(19)20)25(27,23-13-28-14-30(23)2)16-5-7-17(26)8-6-16/h4-14H,27H2,1-3H3. The zero-order valence-electron chi connectivity index (χ0n) is 18.4. The third-order valence-corrected chi connectivity index (χ3v) is 7.35. The van der Waals surface area contributed by atoms with E-state index in [0.717, 1.165) is 32.6 Å². The van der Waals surface area contributed by atoms with Gasteiger partial charge in [0.25, 0.3) is 5.56 Å². The number of rotatable bonds is 4. The molecule has 0 aliphatic rings. The lowest BCUT2D eigenvalue weighted by Gasteiger charge is -2.30. The van der Waals surface area contributed by atoms with Crippen molar-refractivity contribution in [3.63, 3.8) is 0 Å². The maximum absolute atomic E-state index is 12.7. The topological polar surface area (TPSA) is 78.7 Å². The Bertz CT molecular complexity index is 1550. The van der Waals surface area contributed by atoms with E-state index in [9.17, 15) is 4.79 Å². The van der Waals surface area contributed by atoms with Crippen LogP contribution in [-0.4, -0.2) is 19.1 Å². The summed E-state index contributed by atoms with van der Waals surface area (Å²) in [6.45, 7) is 2.05. The van der Waals surface area contributed by atoms with Crippen molar-refractivity contribution >= 4 is 33.8 Å². The minimum absolute atomic E-state index is 0.0820. The number of benzene rings is 1. The number of imidazole rings is 1. The van der Waals surface area contributed by atoms with Crippen LogP contribution in [0.5, 0.6) is 0 Å². The first-order valence-corrected chi connectivity index (χ1v) is 11.6. The predicted octanol–water partition coefficient (Wildman–Crippen LogP) is 4.61. The SMILES string of the molecule is Cc1ccc(-c2cc(=O)n(C)c3cnc(C(N)(c4ccc(Cl)cc4)c4cncn4C)cc23)s1. The summed E-state index contributed by atoms with van der Waals surface area (Å²) in [5.74, 6) is 0. The van der Waals surface area contributed by atoms with E-state index >= 15 is 0 Å². The van der Waals surface area contributed by atoms with Gasteiger partial charge in [0.05, 0.1) is 35.6 Å². The van der Waals surface area contributed by atoms with Crippen molar-refractivity contribution < 1.29 is 0 Å². The molecule has 1 atom stereocenters. The fourth-order valence-electron chi connectivity index (χ4n) is 4.22. The number of aromatic nitrogens is 4. The minimum atomic E-state index is -1.08. The molecule has 1 unspecified atom stereocenters. The van der Waals surface area contributed by atoms with Crippen LogP contribution in [0.1, 0.15) is 21.8 Å². The predicted molar refractivity (Wildman–Crippen MR) is 134 cm³/mol. The molecule has 0 aliphatic heterocycles. The smallest absolute Gasteiger partial charge is 0.251 e. The Balaban J connectivity index is 1.83. The van der Waals surface area contributed by atoms with E-state index in [1.165, 1.54) is 4.88 Å². The summed E-state index contributed by atoms with van der Waals surface area (Å²) in [5, 5.41) is 1.54. The minimum Gasteiger partial charge on any atom is -0.335 e. The highest BCUT2D eigenvalue weighted by molar-refractivity contribution is 7.15. The maximum Gasteiger partial charge on any atom is 0.251 e. The Labute approximate surface area is 199 Å². The average molecular weight is 476 g/mol. The number of halogens is 1. The largest absolute Gasteiger partial charge is 0.335 e. The molecule has 8 heteroatoms. The van der Waals surface area contributed by atoms with Crippen molar-refractivity contribution in [3.8, 4) is 10.4 Å². The number of thiophene rings is 1. The molecule has 0 saturated heterocycles. The second kappa shape index (κ2) is 7.95. The van der Waals surface area contributed by atoms with Gasteiger partial charge in [-0.1, -0.05) is 23.7 Å². The van der Waals surface area contributed by atoms with Crippen LogP contribution in [-0.2, 0) is 19.6 Å². The van der Waals surface area contributed by atoms with Gasteiger partial charge in [0.15, 0.2) is 0 Å². The molecule has 1 aromatic carbocycles. The molecule has 0 fully saturated rings. The summed E-state index contributed by atoms with van der Waals surface area (Å²) >= 11 is 7.81. The molecule has 6 nitrogen and oxygen atoms in total. The maximum atomic E-state index is 12.7. The molecule has 166 valence electrons. The number of nitrogens with two attached hydrogens (primary N) is 1. The normalized spacial score (nSPS) is 13.4. The van der Waals surface area contributed by atoms with Crippen LogP contribution in [0.2, 0.25) is 5.02 Å². The number of nitrogens with zero attached hydrogens (tertiary/aromatic N) is 4. The van der Waals surface area contributed by atoms with Gasteiger partial charge < -0.3 is 14.9 Å². The molecule has 0 radical (unpaired) electrons. The highest BCUT2D eigenvalue weighted by Gasteiger charge is 2.36. The van der Waals surface area contributed by atoms with Crippen LogP contribution in [0.4, 0.5) is 0 Å². The fraction of sp³-hybridized carbons (Fsp3) is 0.160. The number of aryl methyl sites for hydroxylation is 3. The summed E-state index contributed by atoms with van der Waals surface area (Å²) in [7, 11) is 3.66. The average Bonchev–Trinajstić information content (AvgIpc) is 3.44. The van der Waals surface area contributed by atoms with Gasteiger partial charge in [-0.3, -0.25) is 9.78 Å². The first kappa shape index (κ1) is 21.6. The highest BCUT2D eigenvalue weighted by Crippen LogP contribution is 2.37. The number of pyridine rings is 2. The fourth-order valence-corrected chi connectivity index (χ4v) is 5.25. The highest BCUT2D eigenvalue weighted by atomic mass is 35.5. The Morgan fingerprint density at radius 3 is 2.45 bits per heavy atom. The van der Waals surface area contributed by atoms with Crippen molar-refractivity contribution in [1.82, 2.24) is 19.1 Å². The van der Waals surface area contributed by atoms with E-state index in [0.29, 0.717) is 10.7 Å². The van der Waals surface area contributed by atoms with Crippen molar-refractivity contribution in [1.29, 1.82) is 0 Å². The van der Waals surface area contributed by atoms with Crippen molar-refractivity contribution in [3.05, 3.63) is 104 Å². The lowest BCUT2D eigenvalue weighted by Crippen LogP contribution is -2.41.